The standard InChI is InChI=1S/C15H19NO5/c1-2-21-12-6-3-11(4-7-12)5-8-14(18)16-13(9-10-17)15(19)20/h3-8,13,17H,2,9-10H2,1H3,(H,16,18)(H,19,20)/b8-5+/t13-/m0/s1. The van der Waals surface area contributed by atoms with Crippen LogP contribution in [0.4, 0.5) is 0 Å². The Bertz CT molecular complexity index is 495. The summed E-state index contributed by atoms with van der Waals surface area (Å²) < 4.78 is 5.30. The number of rotatable bonds is 8. The van der Waals surface area contributed by atoms with E-state index in [2.05, 4.69) is 5.32 Å². The van der Waals surface area contributed by atoms with Gasteiger partial charge in [0.05, 0.1) is 6.61 Å². The van der Waals surface area contributed by atoms with Crippen molar-refractivity contribution >= 4 is 18.0 Å². The molecular formula is C15H19NO5. The minimum Gasteiger partial charge on any atom is -0.494 e. The van der Waals surface area contributed by atoms with E-state index < -0.39 is 17.9 Å². The predicted octanol–water partition coefficient (Wildman–Crippen LogP) is 1.05. The molecule has 114 valence electrons. The van der Waals surface area contributed by atoms with Gasteiger partial charge in [-0.15, -0.1) is 0 Å². The average molecular weight is 293 g/mol. The summed E-state index contributed by atoms with van der Waals surface area (Å²) in [6.07, 6.45) is 2.80. The van der Waals surface area contributed by atoms with Gasteiger partial charge in [0, 0.05) is 19.1 Å². The molecule has 3 N–H and O–H groups in total. The second-order valence-electron chi connectivity index (χ2n) is 4.25. The van der Waals surface area contributed by atoms with E-state index in [1.54, 1.807) is 30.3 Å². The molecule has 1 rings (SSSR count). The Morgan fingerprint density at radius 2 is 2.00 bits per heavy atom. The highest BCUT2D eigenvalue weighted by molar-refractivity contribution is 5.94. The Kier molecular flexibility index (Phi) is 6.97. The summed E-state index contributed by atoms with van der Waals surface area (Å²) in [5, 5.41) is 19.9. The van der Waals surface area contributed by atoms with Crippen LogP contribution >= 0.6 is 0 Å². The van der Waals surface area contributed by atoms with Gasteiger partial charge in [0.25, 0.3) is 0 Å². The Morgan fingerprint density at radius 3 is 2.52 bits per heavy atom. The van der Waals surface area contributed by atoms with E-state index in [9.17, 15) is 9.59 Å². The molecule has 0 saturated heterocycles. The number of carbonyl (C=O) groups excluding carboxylic acids is 1. The zero-order valence-electron chi connectivity index (χ0n) is 11.8. The summed E-state index contributed by atoms with van der Waals surface area (Å²) in [4.78, 5) is 22.4. The molecule has 0 bridgehead atoms. The fourth-order valence-electron chi connectivity index (χ4n) is 1.62. The van der Waals surface area contributed by atoms with E-state index in [0.717, 1.165) is 11.3 Å². The van der Waals surface area contributed by atoms with Gasteiger partial charge in [-0.1, -0.05) is 12.1 Å². The number of carboxylic acids is 1. The molecule has 0 aliphatic rings. The molecule has 21 heavy (non-hydrogen) atoms. The molecule has 1 amide bonds. The first-order valence-electron chi connectivity index (χ1n) is 6.62. The molecule has 0 spiro atoms. The highest BCUT2D eigenvalue weighted by atomic mass is 16.5. The molecule has 0 aliphatic carbocycles. The van der Waals surface area contributed by atoms with Crippen LogP contribution < -0.4 is 10.1 Å². The number of amides is 1. The van der Waals surface area contributed by atoms with E-state index >= 15 is 0 Å². The molecule has 1 atom stereocenters. The number of nitrogens with one attached hydrogen (secondary N) is 1. The maximum atomic E-state index is 11.6. The number of carboxylic acid groups (broad SMARTS) is 1. The van der Waals surface area contributed by atoms with Gasteiger partial charge >= 0.3 is 5.97 Å². The molecule has 0 aromatic heterocycles. The van der Waals surface area contributed by atoms with Gasteiger partial charge in [-0.05, 0) is 30.7 Å². The monoisotopic (exact) mass is 293 g/mol. The van der Waals surface area contributed by atoms with Crippen molar-refractivity contribution < 1.29 is 24.5 Å². The van der Waals surface area contributed by atoms with Crippen molar-refractivity contribution in [2.24, 2.45) is 0 Å². The van der Waals surface area contributed by atoms with Crippen LogP contribution in [0.15, 0.2) is 30.3 Å². The van der Waals surface area contributed by atoms with Crippen molar-refractivity contribution in [3.8, 4) is 5.75 Å². The Labute approximate surface area is 123 Å². The molecular weight excluding hydrogens is 274 g/mol. The van der Waals surface area contributed by atoms with Crippen LogP contribution in [-0.4, -0.2) is 41.3 Å². The molecule has 0 aliphatic heterocycles. The molecule has 0 fully saturated rings. The summed E-state index contributed by atoms with van der Waals surface area (Å²) >= 11 is 0. The van der Waals surface area contributed by atoms with Crippen LogP contribution in [0.1, 0.15) is 18.9 Å². The molecule has 0 unspecified atom stereocenters. The molecule has 0 radical (unpaired) electrons. The van der Waals surface area contributed by atoms with Crippen LogP contribution in [0.25, 0.3) is 6.08 Å². The van der Waals surface area contributed by atoms with E-state index in [1.165, 1.54) is 6.08 Å². The number of carbonyl (C=O) groups is 2. The zero-order valence-corrected chi connectivity index (χ0v) is 11.8. The highest BCUT2D eigenvalue weighted by Gasteiger charge is 2.17. The number of hydrogen-bond donors (Lipinski definition) is 3. The molecule has 0 saturated carbocycles. The fourth-order valence-corrected chi connectivity index (χ4v) is 1.62. The lowest BCUT2D eigenvalue weighted by atomic mass is 10.2. The minimum atomic E-state index is -1.17. The number of benzene rings is 1. The third-order valence-electron chi connectivity index (χ3n) is 2.65. The topological polar surface area (TPSA) is 95.9 Å². The van der Waals surface area contributed by atoms with E-state index in [1.807, 2.05) is 6.92 Å². The lowest BCUT2D eigenvalue weighted by Crippen LogP contribution is -2.40. The maximum Gasteiger partial charge on any atom is 0.326 e. The van der Waals surface area contributed by atoms with Crippen LogP contribution in [0.2, 0.25) is 0 Å². The summed E-state index contributed by atoms with van der Waals surface area (Å²) in [5.41, 5.74) is 0.794. The van der Waals surface area contributed by atoms with Gasteiger partial charge in [0.15, 0.2) is 0 Å². The van der Waals surface area contributed by atoms with Crippen molar-refractivity contribution in [3.05, 3.63) is 35.9 Å². The largest absolute Gasteiger partial charge is 0.494 e. The van der Waals surface area contributed by atoms with Gasteiger partial charge in [-0.25, -0.2) is 4.79 Å². The Balaban J connectivity index is 2.58. The van der Waals surface area contributed by atoms with Crippen LogP contribution in [-0.2, 0) is 9.59 Å². The van der Waals surface area contributed by atoms with E-state index in [-0.39, 0.29) is 13.0 Å². The van der Waals surface area contributed by atoms with Crippen molar-refractivity contribution in [2.75, 3.05) is 13.2 Å². The van der Waals surface area contributed by atoms with Crippen LogP contribution in [0.5, 0.6) is 5.75 Å². The molecule has 1 aromatic rings. The second kappa shape index (κ2) is 8.76. The highest BCUT2D eigenvalue weighted by Crippen LogP contribution is 2.12. The summed E-state index contributed by atoms with van der Waals surface area (Å²) in [5.74, 6) is -0.954. The van der Waals surface area contributed by atoms with Gasteiger partial charge in [0.1, 0.15) is 11.8 Å². The summed E-state index contributed by atoms with van der Waals surface area (Å²) in [6.45, 7) is 2.17. The van der Waals surface area contributed by atoms with Crippen molar-refractivity contribution in [2.45, 2.75) is 19.4 Å². The third-order valence-corrected chi connectivity index (χ3v) is 2.65. The first-order chi connectivity index (χ1) is 10.1. The quantitative estimate of drug-likeness (QED) is 0.623. The SMILES string of the molecule is CCOc1ccc(/C=C/C(=O)N[C@@H](CCO)C(=O)O)cc1. The molecule has 0 heterocycles. The average Bonchev–Trinajstić information content (AvgIpc) is 2.46. The lowest BCUT2D eigenvalue weighted by molar-refractivity contribution is -0.141. The predicted molar refractivity (Wildman–Crippen MR) is 77.9 cm³/mol. The van der Waals surface area contributed by atoms with Crippen molar-refractivity contribution in [1.29, 1.82) is 0 Å². The summed E-state index contributed by atoms with van der Waals surface area (Å²) in [6, 6.07) is 6.06. The number of aliphatic carboxylic acids is 1. The van der Waals surface area contributed by atoms with Crippen molar-refractivity contribution in [1.82, 2.24) is 5.32 Å². The zero-order chi connectivity index (χ0) is 15.7. The fraction of sp³-hybridized carbons (Fsp3) is 0.333. The number of aliphatic hydroxyl groups excluding tert-OH is 1. The number of aliphatic hydroxyl groups is 1. The van der Waals surface area contributed by atoms with E-state index in [0.29, 0.717) is 6.61 Å². The smallest absolute Gasteiger partial charge is 0.326 e. The lowest BCUT2D eigenvalue weighted by Gasteiger charge is -2.11. The molecule has 6 heteroatoms. The third kappa shape index (κ3) is 6.09. The Morgan fingerprint density at radius 1 is 1.33 bits per heavy atom. The normalized spacial score (nSPS) is 12.1. The first-order valence-corrected chi connectivity index (χ1v) is 6.62. The first kappa shape index (κ1) is 16.7. The van der Waals surface area contributed by atoms with Gasteiger partial charge < -0.3 is 20.3 Å². The second-order valence-corrected chi connectivity index (χ2v) is 4.25. The minimum absolute atomic E-state index is 0.0298. The van der Waals surface area contributed by atoms with Gasteiger partial charge in [-0.2, -0.15) is 0 Å². The van der Waals surface area contributed by atoms with Crippen LogP contribution in [0.3, 0.4) is 0 Å². The number of ether oxygens (including phenoxy) is 1. The molecule has 6 nitrogen and oxygen atoms in total. The molecule has 1 aromatic carbocycles. The van der Waals surface area contributed by atoms with Gasteiger partial charge in [-0.3, -0.25) is 4.79 Å². The number of hydrogen-bond acceptors (Lipinski definition) is 4. The van der Waals surface area contributed by atoms with E-state index in [4.69, 9.17) is 14.9 Å². The maximum absolute atomic E-state index is 11.6. The summed E-state index contributed by atoms with van der Waals surface area (Å²) in [7, 11) is 0. The Hall–Kier alpha value is -2.34. The van der Waals surface area contributed by atoms with Crippen molar-refractivity contribution in [3.63, 3.8) is 0 Å². The van der Waals surface area contributed by atoms with Gasteiger partial charge in [0.2, 0.25) is 5.91 Å². The van der Waals surface area contributed by atoms with Crippen LogP contribution in [0, 0.1) is 0 Å².